The van der Waals surface area contributed by atoms with Crippen LogP contribution < -0.4 is 9.80 Å². The quantitative estimate of drug-likeness (QED) is 0.203. The van der Waals surface area contributed by atoms with E-state index in [4.69, 9.17) is 11.6 Å². The Kier molecular flexibility index (Phi) is 5.32. The molecule has 186 valence electrons. The van der Waals surface area contributed by atoms with Crippen molar-refractivity contribution in [3.05, 3.63) is 112 Å². The van der Waals surface area contributed by atoms with Gasteiger partial charge in [-0.3, -0.25) is 14.4 Å². The number of ketones is 1. The second-order valence-electron chi connectivity index (χ2n) is 9.84. The molecule has 0 radical (unpaired) electrons. The maximum Gasteiger partial charge on any atom is 0.240 e. The number of rotatable bonds is 3. The molecule has 3 aliphatic heterocycles. The minimum Gasteiger partial charge on any atom is -0.352 e. The lowest BCUT2D eigenvalue weighted by Crippen LogP contribution is -2.48. The fourth-order valence-electron chi connectivity index (χ4n) is 6.27. The Morgan fingerprint density at radius 1 is 0.816 bits per heavy atom. The maximum absolute atomic E-state index is 14.2. The highest BCUT2D eigenvalue weighted by molar-refractivity contribution is 9.10. The number of amides is 2. The Hall–Kier alpha value is -3.74. The number of fused-ring (bicyclic) bond motifs is 6. The maximum atomic E-state index is 14.2. The summed E-state index contributed by atoms with van der Waals surface area (Å²) in [6, 6.07) is 24.6. The first kappa shape index (κ1) is 23.4. The summed E-state index contributed by atoms with van der Waals surface area (Å²) in [4.78, 5) is 45.8. The zero-order valence-corrected chi connectivity index (χ0v) is 22.3. The molecule has 4 aromatic rings. The van der Waals surface area contributed by atoms with E-state index in [1.807, 2.05) is 77.7 Å². The van der Waals surface area contributed by atoms with Crippen molar-refractivity contribution in [1.82, 2.24) is 0 Å². The first-order chi connectivity index (χ1) is 18.4. The lowest BCUT2D eigenvalue weighted by molar-refractivity contribution is -0.122. The van der Waals surface area contributed by atoms with Gasteiger partial charge in [-0.25, -0.2) is 4.90 Å². The van der Waals surface area contributed by atoms with E-state index in [9.17, 15) is 14.4 Å². The highest BCUT2D eigenvalue weighted by Crippen LogP contribution is 2.50. The molecule has 2 amide bonds. The molecule has 3 heterocycles. The molecule has 2 saturated heterocycles. The molecule has 4 unspecified atom stereocenters. The van der Waals surface area contributed by atoms with Crippen LogP contribution >= 0.6 is 27.5 Å². The van der Waals surface area contributed by atoms with Crippen molar-refractivity contribution in [3.63, 3.8) is 0 Å². The van der Waals surface area contributed by atoms with E-state index >= 15 is 0 Å². The Morgan fingerprint density at radius 3 is 2.37 bits per heavy atom. The minimum absolute atomic E-state index is 0.188. The largest absolute Gasteiger partial charge is 0.352 e. The van der Waals surface area contributed by atoms with Gasteiger partial charge >= 0.3 is 0 Å². The van der Waals surface area contributed by atoms with Crippen LogP contribution in [0.3, 0.4) is 0 Å². The van der Waals surface area contributed by atoms with Crippen LogP contribution in [0.1, 0.15) is 15.9 Å². The molecule has 4 aromatic carbocycles. The summed E-state index contributed by atoms with van der Waals surface area (Å²) in [5, 5.41) is 2.34. The molecule has 7 rings (SSSR count). The van der Waals surface area contributed by atoms with E-state index in [0.29, 0.717) is 16.3 Å². The fourth-order valence-corrected chi connectivity index (χ4v) is 6.71. The van der Waals surface area contributed by atoms with Gasteiger partial charge in [0, 0.05) is 26.1 Å². The van der Waals surface area contributed by atoms with Crippen molar-refractivity contribution < 1.29 is 14.4 Å². The van der Waals surface area contributed by atoms with Crippen LogP contribution in [0.15, 0.2) is 95.5 Å². The third-order valence-corrected chi connectivity index (χ3v) is 8.64. The predicted molar refractivity (Wildman–Crippen MR) is 152 cm³/mol. The third-order valence-electron chi connectivity index (χ3n) is 7.87. The summed E-state index contributed by atoms with van der Waals surface area (Å²) in [6.07, 6.45) is 3.87. The van der Waals surface area contributed by atoms with Gasteiger partial charge in [0.2, 0.25) is 11.8 Å². The van der Waals surface area contributed by atoms with Crippen LogP contribution in [0.25, 0.3) is 16.8 Å². The summed E-state index contributed by atoms with van der Waals surface area (Å²) < 4.78 is 0.853. The highest BCUT2D eigenvalue weighted by Gasteiger charge is 2.64. The van der Waals surface area contributed by atoms with Gasteiger partial charge in [-0.2, -0.15) is 0 Å². The summed E-state index contributed by atoms with van der Waals surface area (Å²) in [7, 11) is 0. The fraction of sp³-hybridized carbons (Fsp3) is 0.129. The van der Waals surface area contributed by atoms with Crippen LogP contribution in [0.2, 0.25) is 5.02 Å². The van der Waals surface area contributed by atoms with Crippen LogP contribution in [-0.4, -0.2) is 29.7 Å². The molecule has 4 atom stereocenters. The van der Waals surface area contributed by atoms with E-state index in [0.717, 1.165) is 26.5 Å². The molecular weight excluding hydrogens is 564 g/mol. The number of hydrogen-bond donors (Lipinski definition) is 0. The normalized spacial score (nSPS) is 23.5. The molecule has 3 aliphatic rings. The van der Waals surface area contributed by atoms with E-state index in [1.54, 1.807) is 24.3 Å². The zero-order valence-electron chi connectivity index (χ0n) is 19.9. The van der Waals surface area contributed by atoms with E-state index in [2.05, 4.69) is 15.9 Å². The smallest absolute Gasteiger partial charge is 0.240 e. The lowest BCUT2D eigenvalue weighted by Gasteiger charge is -2.36. The van der Waals surface area contributed by atoms with Crippen molar-refractivity contribution in [2.24, 2.45) is 11.8 Å². The molecule has 0 saturated carbocycles. The number of halogens is 2. The second-order valence-corrected chi connectivity index (χ2v) is 11.2. The minimum atomic E-state index is -0.840. The van der Waals surface area contributed by atoms with Crippen molar-refractivity contribution >= 4 is 73.4 Å². The van der Waals surface area contributed by atoms with Crippen molar-refractivity contribution in [1.29, 1.82) is 0 Å². The predicted octanol–water partition coefficient (Wildman–Crippen LogP) is 6.53. The van der Waals surface area contributed by atoms with Gasteiger partial charge in [0.1, 0.15) is 6.04 Å². The molecule has 0 spiro atoms. The molecule has 7 heteroatoms. The number of carbonyl (C=O) groups is 3. The van der Waals surface area contributed by atoms with Gasteiger partial charge in [-0.1, -0.05) is 88.2 Å². The summed E-state index contributed by atoms with van der Waals surface area (Å²) >= 11 is 9.70. The monoisotopic (exact) mass is 582 g/mol. The van der Waals surface area contributed by atoms with Gasteiger partial charge in [0.05, 0.1) is 23.6 Å². The summed E-state index contributed by atoms with van der Waals surface area (Å²) in [5.41, 5.74) is 2.70. The molecule has 0 aromatic heterocycles. The summed E-state index contributed by atoms with van der Waals surface area (Å²) in [5.74, 6) is -2.32. The number of benzene rings is 4. The van der Waals surface area contributed by atoms with Gasteiger partial charge < -0.3 is 4.90 Å². The SMILES string of the molecule is O=C(c1ccc(Br)cc1)C1C2C(=O)N(c3cccc4ccccc34)C(=O)C2C2C=Cc3cc(Cl)ccc3N21. The molecule has 2 fully saturated rings. The van der Waals surface area contributed by atoms with Crippen LogP contribution in [0.5, 0.6) is 0 Å². The molecular formula is C31H20BrClN2O3. The summed E-state index contributed by atoms with van der Waals surface area (Å²) in [6.45, 7) is 0. The van der Waals surface area contributed by atoms with E-state index in [-0.39, 0.29) is 17.6 Å². The average Bonchev–Trinajstić information content (AvgIpc) is 3.40. The van der Waals surface area contributed by atoms with Crippen LogP contribution in [0, 0.1) is 11.8 Å². The number of carbonyl (C=O) groups excluding carboxylic acids is 3. The Balaban J connectivity index is 1.39. The topological polar surface area (TPSA) is 57.7 Å². The Morgan fingerprint density at radius 2 is 1.55 bits per heavy atom. The first-order valence-corrected chi connectivity index (χ1v) is 13.5. The van der Waals surface area contributed by atoms with Gasteiger partial charge in [-0.05, 0) is 47.3 Å². The third kappa shape index (κ3) is 3.33. The Labute approximate surface area is 232 Å². The number of hydrogen-bond acceptors (Lipinski definition) is 4. The number of imide groups is 1. The van der Waals surface area contributed by atoms with E-state index in [1.165, 1.54) is 4.90 Å². The molecule has 0 bridgehead atoms. The van der Waals surface area contributed by atoms with Gasteiger partial charge in [0.25, 0.3) is 0 Å². The number of Topliss-reactive ketones (excluding diaryl/α,β-unsaturated/α-hetero) is 1. The highest BCUT2D eigenvalue weighted by atomic mass is 79.9. The molecule has 38 heavy (non-hydrogen) atoms. The molecule has 5 nitrogen and oxygen atoms in total. The van der Waals surface area contributed by atoms with Crippen molar-refractivity contribution in [2.75, 3.05) is 9.80 Å². The Bertz CT molecular complexity index is 1690. The number of nitrogens with zero attached hydrogens (tertiary/aromatic N) is 2. The van der Waals surface area contributed by atoms with E-state index < -0.39 is 23.9 Å². The standard InChI is InChI=1S/C31H20BrClN2O3/c32-20-11-8-18(9-12-20)29(36)28-27-26(25-14-10-19-16-21(33)13-15-23(19)34(25)28)30(37)35(31(27)38)24-7-3-5-17-4-1-2-6-22(17)24/h1-16,25-28H. The average molecular weight is 584 g/mol. The lowest BCUT2D eigenvalue weighted by atomic mass is 9.86. The zero-order chi connectivity index (χ0) is 26.1. The van der Waals surface area contributed by atoms with Crippen molar-refractivity contribution in [3.8, 4) is 0 Å². The van der Waals surface area contributed by atoms with Gasteiger partial charge in [-0.15, -0.1) is 0 Å². The molecule has 0 N–H and O–H groups in total. The first-order valence-electron chi connectivity index (χ1n) is 12.4. The van der Waals surface area contributed by atoms with Crippen LogP contribution in [0.4, 0.5) is 11.4 Å². The van der Waals surface area contributed by atoms with Crippen LogP contribution in [-0.2, 0) is 9.59 Å². The second kappa shape index (κ2) is 8.65. The van der Waals surface area contributed by atoms with Gasteiger partial charge in [0.15, 0.2) is 5.78 Å². The number of anilines is 2. The molecule has 0 aliphatic carbocycles. The van der Waals surface area contributed by atoms with Crippen molar-refractivity contribution in [2.45, 2.75) is 12.1 Å².